The third-order valence-electron chi connectivity index (χ3n) is 3.53. The van der Waals surface area contributed by atoms with Crippen molar-refractivity contribution in [1.82, 2.24) is 15.1 Å². The van der Waals surface area contributed by atoms with Crippen LogP contribution in [0.5, 0.6) is 0 Å². The van der Waals surface area contributed by atoms with Crippen LogP contribution in [0.25, 0.3) is 5.69 Å². The molecule has 0 unspecified atom stereocenters. The minimum atomic E-state index is 0.349. The van der Waals surface area contributed by atoms with Crippen LogP contribution in [0.15, 0.2) is 42.6 Å². The Kier molecular flexibility index (Phi) is 4.38. The van der Waals surface area contributed by atoms with E-state index in [1.807, 2.05) is 29.1 Å². The van der Waals surface area contributed by atoms with Crippen LogP contribution in [0.3, 0.4) is 0 Å². The Hall–Kier alpha value is -1.61. The van der Waals surface area contributed by atoms with E-state index in [2.05, 4.69) is 49.4 Å². The lowest BCUT2D eigenvalue weighted by Gasteiger charge is -2.22. The first-order valence-electron chi connectivity index (χ1n) is 6.91. The summed E-state index contributed by atoms with van der Waals surface area (Å²) in [6, 6.07) is 12.3. The third kappa shape index (κ3) is 3.93. The highest BCUT2D eigenvalue weighted by Crippen LogP contribution is 2.17. The zero-order valence-electron chi connectivity index (χ0n) is 12.1. The zero-order chi connectivity index (χ0) is 13.7. The fourth-order valence-corrected chi connectivity index (χ4v) is 1.83. The highest BCUT2D eigenvalue weighted by Gasteiger charge is 2.14. The number of nitrogens with zero attached hydrogens (tertiary/aromatic N) is 2. The summed E-state index contributed by atoms with van der Waals surface area (Å²) < 4.78 is 1.92. The van der Waals surface area contributed by atoms with Crippen LogP contribution in [0, 0.1) is 5.41 Å². The minimum Gasteiger partial charge on any atom is -0.311 e. The summed E-state index contributed by atoms with van der Waals surface area (Å²) in [5.41, 5.74) is 2.53. The van der Waals surface area contributed by atoms with Crippen molar-refractivity contribution in [2.45, 2.75) is 33.7 Å². The average Bonchev–Trinajstić information content (AvgIpc) is 2.88. The van der Waals surface area contributed by atoms with Crippen molar-refractivity contribution in [2.24, 2.45) is 5.41 Å². The van der Waals surface area contributed by atoms with Crippen LogP contribution < -0.4 is 5.32 Å². The van der Waals surface area contributed by atoms with Crippen LogP contribution in [0.2, 0.25) is 0 Å². The van der Waals surface area contributed by atoms with E-state index in [9.17, 15) is 0 Å². The first-order valence-corrected chi connectivity index (χ1v) is 6.91. The summed E-state index contributed by atoms with van der Waals surface area (Å²) in [5.74, 6) is 0. The molecular weight excluding hydrogens is 234 g/mol. The molecule has 0 atom stereocenters. The van der Waals surface area contributed by atoms with Crippen LogP contribution >= 0.6 is 0 Å². The monoisotopic (exact) mass is 257 g/mol. The molecule has 2 aromatic rings. The van der Waals surface area contributed by atoms with Crippen LogP contribution in [0.1, 0.15) is 32.9 Å². The molecule has 0 fully saturated rings. The Labute approximate surface area is 115 Å². The van der Waals surface area contributed by atoms with Gasteiger partial charge in [0.1, 0.15) is 0 Å². The van der Waals surface area contributed by atoms with Crippen LogP contribution in [0.4, 0.5) is 0 Å². The molecule has 2 rings (SSSR count). The molecule has 1 aromatic carbocycles. The lowest BCUT2D eigenvalue weighted by Crippen LogP contribution is -2.28. The van der Waals surface area contributed by atoms with Gasteiger partial charge in [-0.05, 0) is 30.0 Å². The molecule has 0 aliphatic heterocycles. The molecule has 19 heavy (non-hydrogen) atoms. The van der Waals surface area contributed by atoms with Crippen molar-refractivity contribution in [3.05, 3.63) is 48.3 Å². The number of nitrogens with one attached hydrogen (secondary N) is 1. The molecule has 0 spiro atoms. The number of hydrogen-bond acceptors (Lipinski definition) is 2. The molecule has 1 N–H and O–H groups in total. The first kappa shape index (κ1) is 13.8. The van der Waals surface area contributed by atoms with Gasteiger partial charge in [0.25, 0.3) is 0 Å². The second-order valence-electron chi connectivity index (χ2n) is 5.71. The second-order valence-corrected chi connectivity index (χ2v) is 5.71. The second kappa shape index (κ2) is 6.02. The Morgan fingerprint density at radius 3 is 2.58 bits per heavy atom. The van der Waals surface area contributed by atoms with E-state index < -0.39 is 0 Å². The summed E-state index contributed by atoms with van der Waals surface area (Å²) in [5, 5.41) is 8.06. The van der Waals surface area contributed by atoms with Gasteiger partial charge < -0.3 is 5.32 Å². The standard InChI is InChI=1S/C16H23N3/c1-4-16(2,3)13-17-12-14-10-11-19(18-14)15-8-6-5-7-9-15/h5-11,17H,4,12-13H2,1-3H3. The summed E-state index contributed by atoms with van der Waals surface area (Å²) in [7, 11) is 0. The van der Waals surface area contributed by atoms with Crippen molar-refractivity contribution in [2.75, 3.05) is 6.54 Å². The average molecular weight is 257 g/mol. The maximum absolute atomic E-state index is 4.58. The molecule has 0 aliphatic carbocycles. The molecule has 0 amide bonds. The lowest BCUT2D eigenvalue weighted by atomic mass is 9.90. The van der Waals surface area contributed by atoms with Crippen molar-refractivity contribution < 1.29 is 0 Å². The highest BCUT2D eigenvalue weighted by atomic mass is 15.3. The minimum absolute atomic E-state index is 0.349. The van der Waals surface area contributed by atoms with E-state index >= 15 is 0 Å². The smallest absolute Gasteiger partial charge is 0.0766 e. The topological polar surface area (TPSA) is 29.9 Å². The van der Waals surface area contributed by atoms with Crippen molar-refractivity contribution in [1.29, 1.82) is 0 Å². The van der Waals surface area contributed by atoms with Gasteiger partial charge in [-0.3, -0.25) is 0 Å². The highest BCUT2D eigenvalue weighted by molar-refractivity contribution is 5.30. The Balaban J connectivity index is 1.92. The molecule has 0 aliphatic rings. The van der Waals surface area contributed by atoms with Gasteiger partial charge in [0.15, 0.2) is 0 Å². The van der Waals surface area contributed by atoms with Gasteiger partial charge in [0, 0.05) is 19.3 Å². The zero-order valence-corrected chi connectivity index (χ0v) is 12.1. The van der Waals surface area contributed by atoms with Crippen molar-refractivity contribution in [3.8, 4) is 5.69 Å². The van der Waals surface area contributed by atoms with Gasteiger partial charge >= 0.3 is 0 Å². The molecule has 0 bridgehead atoms. The van der Waals surface area contributed by atoms with Gasteiger partial charge in [-0.15, -0.1) is 0 Å². The van der Waals surface area contributed by atoms with E-state index in [0.717, 1.165) is 24.5 Å². The van der Waals surface area contributed by atoms with Crippen molar-refractivity contribution >= 4 is 0 Å². The largest absolute Gasteiger partial charge is 0.311 e. The maximum Gasteiger partial charge on any atom is 0.0766 e. The first-order chi connectivity index (χ1) is 9.11. The Morgan fingerprint density at radius 2 is 1.89 bits per heavy atom. The van der Waals surface area contributed by atoms with Gasteiger partial charge in [0.2, 0.25) is 0 Å². The van der Waals surface area contributed by atoms with E-state index in [0.29, 0.717) is 5.41 Å². The Morgan fingerprint density at radius 1 is 1.16 bits per heavy atom. The fraction of sp³-hybridized carbons (Fsp3) is 0.438. The molecular formula is C16H23N3. The van der Waals surface area contributed by atoms with Gasteiger partial charge in [-0.2, -0.15) is 5.10 Å². The maximum atomic E-state index is 4.58. The van der Waals surface area contributed by atoms with E-state index in [1.165, 1.54) is 6.42 Å². The molecule has 1 heterocycles. The molecule has 102 valence electrons. The summed E-state index contributed by atoms with van der Waals surface area (Å²) in [6.07, 6.45) is 3.19. The summed E-state index contributed by atoms with van der Waals surface area (Å²) in [6.45, 7) is 8.63. The van der Waals surface area contributed by atoms with Gasteiger partial charge in [-0.1, -0.05) is 39.0 Å². The third-order valence-corrected chi connectivity index (χ3v) is 3.53. The summed E-state index contributed by atoms with van der Waals surface area (Å²) in [4.78, 5) is 0. The van der Waals surface area contributed by atoms with Gasteiger partial charge in [-0.25, -0.2) is 4.68 Å². The predicted octanol–water partition coefficient (Wildman–Crippen LogP) is 3.40. The van der Waals surface area contributed by atoms with E-state index in [4.69, 9.17) is 0 Å². The molecule has 1 aromatic heterocycles. The number of benzene rings is 1. The number of aromatic nitrogens is 2. The van der Waals surface area contributed by atoms with Crippen LogP contribution in [-0.4, -0.2) is 16.3 Å². The summed E-state index contributed by atoms with van der Waals surface area (Å²) >= 11 is 0. The predicted molar refractivity (Wildman–Crippen MR) is 79.3 cm³/mol. The molecule has 0 radical (unpaired) electrons. The quantitative estimate of drug-likeness (QED) is 0.859. The molecule has 3 nitrogen and oxygen atoms in total. The molecule has 0 saturated heterocycles. The molecule has 3 heteroatoms. The number of hydrogen-bond donors (Lipinski definition) is 1. The molecule has 0 saturated carbocycles. The van der Waals surface area contributed by atoms with E-state index in [1.54, 1.807) is 0 Å². The SMILES string of the molecule is CCC(C)(C)CNCc1ccn(-c2ccccc2)n1. The van der Waals surface area contributed by atoms with E-state index in [-0.39, 0.29) is 0 Å². The van der Waals surface area contributed by atoms with Crippen LogP contribution in [-0.2, 0) is 6.54 Å². The number of para-hydroxylation sites is 1. The lowest BCUT2D eigenvalue weighted by molar-refractivity contribution is 0.327. The van der Waals surface area contributed by atoms with Crippen molar-refractivity contribution in [3.63, 3.8) is 0 Å². The Bertz CT molecular complexity index is 500. The van der Waals surface area contributed by atoms with Gasteiger partial charge in [0.05, 0.1) is 11.4 Å². The normalized spacial score (nSPS) is 11.7. The number of rotatable bonds is 6. The fourth-order valence-electron chi connectivity index (χ4n) is 1.83.